The first-order valence-corrected chi connectivity index (χ1v) is 6.77. The number of rotatable bonds is 3. The van der Waals surface area contributed by atoms with Crippen LogP contribution in [0.1, 0.15) is 32.5 Å². The molecule has 96 valence electrons. The maximum Gasteiger partial charge on any atom is 0.159 e. The van der Waals surface area contributed by atoms with Crippen LogP contribution in [0.5, 0.6) is 0 Å². The molecule has 0 aliphatic carbocycles. The van der Waals surface area contributed by atoms with E-state index < -0.39 is 0 Å². The second kappa shape index (κ2) is 4.35. The second-order valence-electron chi connectivity index (χ2n) is 5.42. The van der Waals surface area contributed by atoms with Crippen LogP contribution in [0, 0.1) is 0 Å². The Morgan fingerprint density at radius 2 is 2.39 bits per heavy atom. The molecule has 1 saturated heterocycles. The van der Waals surface area contributed by atoms with Crippen LogP contribution in [0.15, 0.2) is 18.3 Å². The van der Waals surface area contributed by atoms with Crippen molar-refractivity contribution < 1.29 is 0 Å². The number of fused-ring (bicyclic) bond motifs is 1. The van der Waals surface area contributed by atoms with Gasteiger partial charge in [-0.15, -0.1) is 0 Å². The SMILES string of the molecule is CCCn1c(C2(C)CCNC2)nc2cccnc21. The lowest BCUT2D eigenvalue weighted by Gasteiger charge is -2.23. The fraction of sp³-hybridized carbons (Fsp3) is 0.571. The van der Waals surface area contributed by atoms with Crippen molar-refractivity contribution >= 4 is 11.2 Å². The summed E-state index contributed by atoms with van der Waals surface area (Å²) in [6, 6.07) is 4.02. The molecule has 18 heavy (non-hydrogen) atoms. The van der Waals surface area contributed by atoms with Crippen molar-refractivity contribution in [2.24, 2.45) is 0 Å². The monoisotopic (exact) mass is 244 g/mol. The highest BCUT2D eigenvalue weighted by atomic mass is 15.1. The van der Waals surface area contributed by atoms with Gasteiger partial charge in [0, 0.05) is 24.7 Å². The fourth-order valence-corrected chi connectivity index (χ4v) is 2.86. The number of nitrogens with zero attached hydrogens (tertiary/aromatic N) is 3. The summed E-state index contributed by atoms with van der Waals surface area (Å²) in [6.45, 7) is 7.60. The summed E-state index contributed by atoms with van der Waals surface area (Å²) in [5.74, 6) is 1.20. The van der Waals surface area contributed by atoms with Crippen molar-refractivity contribution in [3.05, 3.63) is 24.2 Å². The molecule has 1 aliphatic rings. The second-order valence-corrected chi connectivity index (χ2v) is 5.42. The van der Waals surface area contributed by atoms with Gasteiger partial charge < -0.3 is 9.88 Å². The minimum Gasteiger partial charge on any atom is -0.316 e. The van der Waals surface area contributed by atoms with Crippen molar-refractivity contribution in [1.29, 1.82) is 0 Å². The van der Waals surface area contributed by atoms with E-state index in [2.05, 4.69) is 34.8 Å². The predicted molar refractivity (Wildman–Crippen MR) is 72.7 cm³/mol. The molecule has 2 aromatic rings. The lowest BCUT2D eigenvalue weighted by Crippen LogP contribution is -2.29. The third-order valence-electron chi connectivity index (χ3n) is 3.86. The Bertz CT molecular complexity index is 552. The van der Waals surface area contributed by atoms with Gasteiger partial charge >= 0.3 is 0 Å². The average molecular weight is 244 g/mol. The van der Waals surface area contributed by atoms with Crippen molar-refractivity contribution in [1.82, 2.24) is 19.9 Å². The molecule has 0 spiro atoms. The molecule has 2 aromatic heterocycles. The molecule has 1 aliphatic heterocycles. The van der Waals surface area contributed by atoms with Crippen LogP contribution in [0.25, 0.3) is 11.2 Å². The summed E-state index contributed by atoms with van der Waals surface area (Å²) in [4.78, 5) is 9.35. The van der Waals surface area contributed by atoms with E-state index in [0.29, 0.717) is 0 Å². The van der Waals surface area contributed by atoms with Crippen LogP contribution < -0.4 is 5.32 Å². The van der Waals surface area contributed by atoms with E-state index in [1.807, 2.05) is 12.3 Å². The summed E-state index contributed by atoms with van der Waals surface area (Å²) in [7, 11) is 0. The van der Waals surface area contributed by atoms with E-state index in [1.54, 1.807) is 0 Å². The molecule has 1 atom stereocenters. The van der Waals surface area contributed by atoms with E-state index in [1.165, 1.54) is 5.82 Å². The van der Waals surface area contributed by atoms with Crippen LogP contribution >= 0.6 is 0 Å². The first kappa shape index (κ1) is 11.7. The fourth-order valence-electron chi connectivity index (χ4n) is 2.86. The molecule has 0 radical (unpaired) electrons. The zero-order valence-corrected chi connectivity index (χ0v) is 11.1. The zero-order chi connectivity index (χ0) is 12.6. The van der Waals surface area contributed by atoms with Crippen molar-refractivity contribution in [3.8, 4) is 0 Å². The van der Waals surface area contributed by atoms with Gasteiger partial charge in [-0.25, -0.2) is 9.97 Å². The average Bonchev–Trinajstić information content (AvgIpc) is 2.96. The number of aryl methyl sites for hydroxylation is 1. The smallest absolute Gasteiger partial charge is 0.159 e. The van der Waals surface area contributed by atoms with Gasteiger partial charge in [0.05, 0.1) is 0 Å². The molecule has 0 amide bonds. The Labute approximate surface area is 107 Å². The van der Waals surface area contributed by atoms with Crippen LogP contribution in [-0.2, 0) is 12.0 Å². The maximum atomic E-state index is 4.85. The van der Waals surface area contributed by atoms with Crippen molar-refractivity contribution in [2.45, 2.75) is 38.6 Å². The Balaban J connectivity index is 2.18. The molecule has 4 nitrogen and oxygen atoms in total. The molecule has 0 saturated carbocycles. The zero-order valence-electron chi connectivity index (χ0n) is 11.1. The molecule has 4 heteroatoms. The Kier molecular flexibility index (Phi) is 2.82. The molecule has 0 aromatic carbocycles. The van der Waals surface area contributed by atoms with E-state index in [0.717, 1.165) is 43.6 Å². The summed E-state index contributed by atoms with van der Waals surface area (Å²) in [6.07, 6.45) is 4.12. The van der Waals surface area contributed by atoms with Crippen LogP contribution in [-0.4, -0.2) is 27.6 Å². The largest absolute Gasteiger partial charge is 0.316 e. The van der Waals surface area contributed by atoms with E-state index in [-0.39, 0.29) is 5.41 Å². The van der Waals surface area contributed by atoms with Gasteiger partial charge in [0.15, 0.2) is 5.65 Å². The van der Waals surface area contributed by atoms with Crippen molar-refractivity contribution in [2.75, 3.05) is 13.1 Å². The minimum absolute atomic E-state index is 0.149. The number of hydrogen-bond acceptors (Lipinski definition) is 3. The molecule has 3 heterocycles. The third kappa shape index (κ3) is 1.72. The summed E-state index contributed by atoms with van der Waals surface area (Å²) in [5, 5.41) is 3.45. The van der Waals surface area contributed by atoms with Crippen LogP contribution in [0.4, 0.5) is 0 Å². The molecular weight excluding hydrogens is 224 g/mol. The quantitative estimate of drug-likeness (QED) is 0.899. The summed E-state index contributed by atoms with van der Waals surface area (Å²) < 4.78 is 2.31. The Morgan fingerprint density at radius 1 is 1.50 bits per heavy atom. The number of pyridine rings is 1. The maximum absolute atomic E-state index is 4.85. The molecule has 1 N–H and O–H groups in total. The Morgan fingerprint density at radius 3 is 3.11 bits per heavy atom. The molecule has 3 rings (SSSR count). The Hall–Kier alpha value is -1.42. The van der Waals surface area contributed by atoms with Gasteiger partial charge in [0.2, 0.25) is 0 Å². The molecule has 1 unspecified atom stereocenters. The van der Waals surface area contributed by atoms with Gasteiger partial charge in [0.1, 0.15) is 11.3 Å². The van der Waals surface area contributed by atoms with E-state index >= 15 is 0 Å². The number of imidazole rings is 1. The van der Waals surface area contributed by atoms with E-state index in [9.17, 15) is 0 Å². The van der Waals surface area contributed by atoms with Crippen LogP contribution in [0.3, 0.4) is 0 Å². The van der Waals surface area contributed by atoms with Crippen molar-refractivity contribution in [3.63, 3.8) is 0 Å². The summed E-state index contributed by atoms with van der Waals surface area (Å²) >= 11 is 0. The minimum atomic E-state index is 0.149. The first-order valence-electron chi connectivity index (χ1n) is 6.77. The topological polar surface area (TPSA) is 42.7 Å². The number of hydrogen-bond donors (Lipinski definition) is 1. The highest BCUT2D eigenvalue weighted by Gasteiger charge is 2.35. The van der Waals surface area contributed by atoms with Gasteiger partial charge in [-0.05, 0) is 31.5 Å². The van der Waals surface area contributed by atoms with Crippen LogP contribution in [0.2, 0.25) is 0 Å². The number of aromatic nitrogens is 3. The van der Waals surface area contributed by atoms with Gasteiger partial charge in [-0.3, -0.25) is 0 Å². The molecule has 1 fully saturated rings. The standard InChI is InChI=1S/C14H20N4/c1-3-9-18-12-11(5-4-7-16-12)17-13(18)14(2)6-8-15-10-14/h4-5,7,15H,3,6,8-10H2,1-2H3. The van der Waals surface area contributed by atoms with Gasteiger partial charge in [0.25, 0.3) is 0 Å². The lowest BCUT2D eigenvalue weighted by atomic mass is 9.89. The summed E-state index contributed by atoms with van der Waals surface area (Å²) in [5.41, 5.74) is 2.20. The van der Waals surface area contributed by atoms with Gasteiger partial charge in [-0.2, -0.15) is 0 Å². The molecule has 0 bridgehead atoms. The highest BCUT2D eigenvalue weighted by molar-refractivity contribution is 5.71. The normalized spacial score (nSPS) is 23.9. The van der Waals surface area contributed by atoms with E-state index in [4.69, 9.17) is 4.98 Å². The number of nitrogens with one attached hydrogen (secondary N) is 1. The van der Waals surface area contributed by atoms with Gasteiger partial charge in [-0.1, -0.05) is 13.8 Å². The molecular formula is C14H20N4. The highest BCUT2D eigenvalue weighted by Crippen LogP contribution is 2.31. The lowest BCUT2D eigenvalue weighted by molar-refractivity contribution is 0.457. The predicted octanol–water partition coefficient (Wildman–Crippen LogP) is 2.09. The third-order valence-corrected chi connectivity index (χ3v) is 3.86. The first-order chi connectivity index (χ1) is 8.74.